The van der Waals surface area contributed by atoms with Crippen LogP contribution in [0.3, 0.4) is 0 Å². The van der Waals surface area contributed by atoms with E-state index in [9.17, 15) is 0 Å². The third kappa shape index (κ3) is 4.26. The van der Waals surface area contributed by atoms with Gasteiger partial charge in [0.2, 0.25) is 0 Å². The molecule has 0 bridgehead atoms. The fourth-order valence-electron chi connectivity index (χ4n) is 2.53. The summed E-state index contributed by atoms with van der Waals surface area (Å²) in [6.45, 7) is 10.3. The van der Waals surface area contributed by atoms with E-state index >= 15 is 0 Å². The zero-order valence-electron chi connectivity index (χ0n) is 12.4. The monoisotopic (exact) mass is 324 g/mol. The average molecular weight is 324 g/mol. The van der Waals surface area contributed by atoms with Crippen molar-refractivity contribution in [3.05, 3.63) is 20.0 Å². The molecule has 1 aliphatic rings. The van der Waals surface area contributed by atoms with E-state index in [1.54, 1.807) is 22.7 Å². The zero-order chi connectivity index (χ0) is 14.7. The first kappa shape index (κ1) is 15.0. The lowest BCUT2D eigenvalue weighted by Crippen LogP contribution is -2.30. The number of hydrogen-bond donors (Lipinski definition) is 0. The van der Waals surface area contributed by atoms with Crippen molar-refractivity contribution in [3.8, 4) is 0 Å². The molecule has 0 atom stereocenters. The molecular weight excluding hydrogens is 304 g/mol. The minimum Gasteiger partial charge on any atom is -0.295 e. The first-order chi connectivity index (χ1) is 10.2. The van der Waals surface area contributed by atoms with Crippen LogP contribution < -0.4 is 0 Å². The fourth-order valence-corrected chi connectivity index (χ4v) is 4.03. The maximum absolute atomic E-state index is 4.23. The molecule has 8 heteroatoms. The van der Waals surface area contributed by atoms with Crippen molar-refractivity contribution >= 4 is 22.7 Å². The van der Waals surface area contributed by atoms with Crippen molar-refractivity contribution < 1.29 is 0 Å². The Kier molecular flexibility index (Phi) is 4.89. The lowest BCUT2D eigenvalue weighted by atomic mass is 10.4. The van der Waals surface area contributed by atoms with Gasteiger partial charge in [0.05, 0.1) is 13.1 Å². The van der Waals surface area contributed by atoms with Crippen LogP contribution in [0.15, 0.2) is 0 Å². The third-order valence-electron chi connectivity index (χ3n) is 3.53. The maximum Gasteiger partial charge on any atom is 0.131 e. The van der Waals surface area contributed by atoms with E-state index in [1.807, 2.05) is 13.8 Å². The Labute approximate surface area is 132 Å². The van der Waals surface area contributed by atoms with Crippen LogP contribution in [0.5, 0.6) is 0 Å². The normalized spacial score (nSPS) is 18.0. The molecule has 3 rings (SSSR count). The van der Waals surface area contributed by atoms with Gasteiger partial charge in [0.15, 0.2) is 0 Å². The summed E-state index contributed by atoms with van der Waals surface area (Å²) in [6.07, 6.45) is 1.19. The van der Waals surface area contributed by atoms with Gasteiger partial charge in [0, 0.05) is 13.1 Å². The van der Waals surface area contributed by atoms with E-state index in [1.165, 1.54) is 6.42 Å². The lowest BCUT2D eigenvalue weighted by molar-refractivity contribution is 0.246. The topological polar surface area (TPSA) is 58.0 Å². The molecule has 21 heavy (non-hydrogen) atoms. The molecular formula is C13H20N6S2. The SMILES string of the molecule is Cc1nnc(CN2CCCN(Cc3nnc(C)s3)CC2)s1. The van der Waals surface area contributed by atoms with Crippen LogP contribution in [0.25, 0.3) is 0 Å². The van der Waals surface area contributed by atoms with Gasteiger partial charge in [-0.2, -0.15) is 0 Å². The van der Waals surface area contributed by atoms with Crippen molar-refractivity contribution in [3.63, 3.8) is 0 Å². The van der Waals surface area contributed by atoms with Crippen molar-refractivity contribution in [2.24, 2.45) is 0 Å². The second-order valence-corrected chi connectivity index (χ2v) is 7.87. The van der Waals surface area contributed by atoms with Gasteiger partial charge >= 0.3 is 0 Å². The van der Waals surface area contributed by atoms with Crippen LogP contribution in [0.4, 0.5) is 0 Å². The molecule has 6 nitrogen and oxygen atoms in total. The second-order valence-electron chi connectivity index (χ2n) is 5.34. The smallest absolute Gasteiger partial charge is 0.131 e. The summed E-state index contributed by atoms with van der Waals surface area (Å²) < 4.78 is 0. The summed E-state index contributed by atoms with van der Waals surface area (Å²) in [5, 5.41) is 21.0. The van der Waals surface area contributed by atoms with Crippen molar-refractivity contribution in [2.45, 2.75) is 33.4 Å². The summed E-state index contributed by atoms with van der Waals surface area (Å²) in [7, 11) is 0. The largest absolute Gasteiger partial charge is 0.295 e. The van der Waals surface area contributed by atoms with Crippen LogP contribution in [0.2, 0.25) is 0 Å². The Morgan fingerprint density at radius 1 is 0.762 bits per heavy atom. The maximum atomic E-state index is 4.23. The molecule has 3 heterocycles. The molecule has 1 fully saturated rings. The molecule has 0 spiro atoms. The second kappa shape index (κ2) is 6.87. The molecule has 0 unspecified atom stereocenters. The Bertz CT molecular complexity index is 530. The number of hydrogen-bond acceptors (Lipinski definition) is 8. The summed E-state index contributed by atoms with van der Waals surface area (Å²) >= 11 is 3.40. The van der Waals surface area contributed by atoms with Crippen LogP contribution in [-0.2, 0) is 13.1 Å². The number of rotatable bonds is 4. The quantitative estimate of drug-likeness (QED) is 0.853. The van der Waals surface area contributed by atoms with Crippen LogP contribution in [-0.4, -0.2) is 56.4 Å². The van der Waals surface area contributed by atoms with Gasteiger partial charge in [-0.15, -0.1) is 43.1 Å². The molecule has 114 valence electrons. The van der Waals surface area contributed by atoms with Gasteiger partial charge in [0.25, 0.3) is 0 Å². The Hall–Kier alpha value is -0.960. The summed E-state index contributed by atoms with van der Waals surface area (Å²) in [5.41, 5.74) is 0. The van der Waals surface area contributed by atoms with Crippen LogP contribution in [0, 0.1) is 13.8 Å². The first-order valence-corrected chi connectivity index (χ1v) is 8.85. The minimum absolute atomic E-state index is 0.928. The molecule has 2 aromatic rings. The first-order valence-electron chi connectivity index (χ1n) is 7.22. The highest BCUT2D eigenvalue weighted by Gasteiger charge is 2.17. The molecule has 2 aromatic heterocycles. The highest BCUT2D eigenvalue weighted by atomic mass is 32.1. The Morgan fingerprint density at radius 3 is 1.62 bits per heavy atom. The van der Waals surface area contributed by atoms with Gasteiger partial charge in [-0.3, -0.25) is 9.80 Å². The molecule has 0 amide bonds. The van der Waals surface area contributed by atoms with Crippen LogP contribution >= 0.6 is 22.7 Å². The van der Waals surface area contributed by atoms with Gasteiger partial charge in [-0.05, 0) is 33.4 Å². The number of aryl methyl sites for hydroxylation is 2. The predicted molar refractivity (Wildman–Crippen MR) is 84.5 cm³/mol. The Balaban J connectivity index is 1.51. The van der Waals surface area contributed by atoms with E-state index in [0.29, 0.717) is 0 Å². The van der Waals surface area contributed by atoms with E-state index < -0.39 is 0 Å². The summed E-state index contributed by atoms with van der Waals surface area (Å²) in [4.78, 5) is 4.95. The Morgan fingerprint density at radius 2 is 1.24 bits per heavy atom. The number of nitrogens with zero attached hydrogens (tertiary/aromatic N) is 6. The highest BCUT2D eigenvalue weighted by molar-refractivity contribution is 7.11. The zero-order valence-corrected chi connectivity index (χ0v) is 14.1. The van der Waals surface area contributed by atoms with Gasteiger partial charge in [-0.1, -0.05) is 0 Å². The van der Waals surface area contributed by atoms with E-state index in [4.69, 9.17) is 0 Å². The molecule has 0 aliphatic carbocycles. The third-order valence-corrected chi connectivity index (χ3v) is 5.18. The number of aromatic nitrogens is 4. The average Bonchev–Trinajstić information content (AvgIpc) is 2.96. The molecule has 0 radical (unpaired) electrons. The van der Waals surface area contributed by atoms with Gasteiger partial charge in [-0.25, -0.2) is 0 Å². The molecule has 0 N–H and O–H groups in total. The summed E-state index contributed by atoms with van der Waals surface area (Å²) in [5.74, 6) is 0. The molecule has 0 saturated carbocycles. The lowest BCUT2D eigenvalue weighted by Gasteiger charge is -2.19. The minimum atomic E-state index is 0.928. The van der Waals surface area contributed by atoms with E-state index in [0.717, 1.165) is 59.3 Å². The molecule has 1 saturated heterocycles. The van der Waals surface area contributed by atoms with E-state index in [2.05, 4.69) is 30.2 Å². The predicted octanol–water partition coefficient (Wildman–Crippen LogP) is 1.71. The van der Waals surface area contributed by atoms with Crippen molar-refractivity contribution in [1.82, 2.24) is 30.2 Å². The van der Waals surface area contributed by atoms with Crippen molar-refractivity contribution in [1.29, 1.82) is 0 Å². The molecule has 1 aliphatic heterocycles. The standard InChI is InChI=1S/C13H20N6S2/c1-10-14-16-12(20-10)8-18-4-3-5-19(7-6-18)9-13-17-15-11(2)21-13/h3-9H2,1-2H3. The van der Waals surface area contributed by atoms with Gasteiger partial charge in [0.1, 0.15) is 20.0 Å². The van der Waals surface area contributed by atoms with Crippen LogP contribution in [0.1, 0.15) is 26.5 Å². The van der Waals surface area contributed by atoms with Gasteiger partial charge < -0.3 is 0 Å². The highest BCUT2D eigenvalue weighted by Crippen LogP contribution is 2.15. The fraction of sp³-hybridized carbons (Fsp3) is 0.692. The van der Waals surface area contributed by atoms with Crippen molar-refractivity contribution in [2.75, 3.05) is 26.2 Å². The molecule has 0 aromatic carbocycles. The summed E-state index contributed by atoms with van der Waals surface area (Å²) in [6, 6.07) is 0. The van der Waals surface area contributed by atoms with E-state index in [-0.39, 0.29) is 0 Å².